The Morgan fingerprint density at radius 2 is 1.69 bits per heavy atom. The number of nitriles is 1. The number of hydrogen-bond acceptors (Lipinski definition) is 6. The summed E-state index contributed by atoms with van der Waals surface area (Å²) < 4.78 is 23.1. The van der Waals surface area contributed by atoms with Gasteiger partial charge in [0.15, 0.2) is 11.5 Å². The highest BCUT2D eigenvalue weighted by Gasteiger charge is 2.15. The molecule has 0 aliphatic rings. The molecule has 0 aromatic heterocycles. The maximum Gasteiger partial charge on any atom is 0.262 e. The van der Waals surface area contributed by atoms with Crippen LogP contribution >= 0.6 is 22.6 Å². The van der Waals surface area contributed by atoms with Crippen LogP contribution in [0.5, 0.6) is 23.0 Å². The summed E-state index contributed by atoms with van der Waals surface area (Å²) in [7, 11) is 4.67. The maximum atomic E-state index is 12.8. The molecule has 0 saturated carbocycles. The number of carbonyl (C=O) groups excluding carboxylic acids is 1. The number of halogens is 1. The Balaban J connectivity index is 1.49. The fourth-order valence-electron chi connectivity index (χ4n) is 4.03. The largest absolute Gasteiger partial charge is 0.497 e. The van der Waals surface area contributed by atoms with Gasteiger partial charge in [0.1, 0.15) is 29.7 Å². The highest BCUT2D eigenvalue weighted by atomic mass is 127. The first-order valence-electron chi connectivity index (χ1n) is 12.0. The molecule has 8 heteroatoms. The zero-order chi connectivity index (χ0) is 27.8. The standard InChI is InChI=1S/C31H27IN2O5/c1-36-26-11-10-24(28(16-26)37-2)18-34-31(35)25(17-33)13-21-14-27(32)30(29(15-21)38-3)39-19-20-8-9-22-6-4-5-7-23(22)12-20/h4-16H,18-19H2,1-3H3,(H,34,35)/b25-13+. The van der Waals surface area contributed by atoms with Crippen LogP contribution in [-0.2, 0) is 17.9 Å². The topological polar surface area (TPSA) is 89.8 Å². The van der Waals surface area contributed by atoms with Gasteiger partial charge in [-0.3, -0.25) is 4.79 Å². The molecular formula is C31H27IN2O5. The van der Waals surface area contributed by atoms with E-state index in [1.165, 1.54) is 11.5 Å². The molecule has 0 aliphatic carbocycles. The van der Waals surface area contributed by atoms with E-state index in [1.807, 2.05) is 30.3 Å². The summed E-state index contributed by atoms with van der Waals surface area (Å²) in [6.45, 7) is 0.556. The molecule has 1 N–H and O–H groups in total. The Bertz CT molecular complexity index is 1580. The normalized spacial score (nSPS) is 11.0. The number of ether oxygens (including phenoxy) is 4. The van der Waals surface area contributed by atoms with E-state index in [4.69, 9.17) is 18.9 Å². The molecule has 0 saturated heterocycles. The van der Waals surface area contributed by atoms with Crippen molar-refractivity contribution in [1.82, 2.24) is 5.32 Å². The lowest BCUT2D eigenvalue weighted by atomic mass is 10.1. The van der Waals surface area contributed by atoms with Gasteiger partial charge < -0.3 is 24.3 Å². The summed E-state index contributed by atoms with van der Waals surface area (Å²) in [4.78, 5) is 12.8. The van der Waals surface area contributed by atoms with Gasteiger partial charge in [0.05, 0.1) is 24.9 Å². The zero-order valence-corrected chi connectivity index (χ0v) is 23.9. The molecule has 7 nitrogen and oxygen atoms in total. The van der Waals surface area contributed by atoms with Crippen molar-refractivity contribution >= 4 is 45.3 Å². The first kappa shape index (κ1) is 27.8. The van der Waals surface area contributed by atoms with Crippen LogP contribution in [0, 0.1) is 14.9 Å². The van der Waals surface area contributed by atoms with E-state index in [-0.39, 0.29) is 12.1 Å². The smallest absolute Gasteiger partial charge is 0.262 e. The molecule has 0 radical (unpaired) electrons. The van der Waals surface area contributed by atoms with Crippen LogP contribution in [0.3, 0.4) is 0 Å². The van der Waals surface area contributed by atoms with Gasteiger partial charge in [0, 0.05) is 18.2 Å². The number of amides is 1. The molecule has 4 aromatic carbocycles. The Morgan fingerprint density at radius 1 is 0.923 bits per heavy atom. The van der Waals surface area contributed by atoms with Gasteiger partial charge in [-0.25, -0.2) is 0 Å². The van der Waals surface area contributed by atoms with Crippen LogP contribution in [0.15, 0.2) is 78.4 Å². The maximum absolute atomic E-state index is 12.8. The van der Waals surface area contributed by atoms with Crippen molar-refractivity contribution < 1.29 is 23.7 Å². The van der Waals surface area contributed by atoms with Crippen LogP contribution in [0.4, 0.5) is 0 Å². The molecule has 198 valence electrons. The van der Waals surface area contributed by atoms with E-state index in [9.17, 15) is 10.1 Å². The summed E-state index contributed by atoms with van der Waals surface area (Å²) in [6, 6.07) is 25.3. The Morgan fingerprint density at radius 3 is 2.41 bits per heavy atom. The number of nitrogens with one attached hydrogen (secondary N) is 1. The molecule has 1 amide bonds. The van der Waals surface area contributed by atoms with Crippen LogP contribution in [0.25, 0.3) is 16.8 Å². The second kappa shape index (κ2) is 13.0. The van der Waals surface area contributed by atoms with Gasteiger partial charge in [-0.1, -0.05) is 36.4 Å². The summed E-state index contributed by atoms with van der Waals surface area (Å²) >= 11 is 2.16. The molecule has 0 aliphatic heterocycles. The van der Waals surface area contributed by atoms with Crippen molar-refractivity contribution in [3.05, 3.63) is 98.6 Å². The molecule has 0 atom stereocenters. The molecule has 39 heavy (non-hydrogen) atoms. The predicted molar refractivity (Wildman–Crippen MR) is 159 cm³/mol. The fourth-order valence-corrected chi connectivity index (χ4v) is 4.81. The van der Waals surface area contributed by atoms with Crippen molar-refractivity contribution in [2.75, 3.05) is 21.3 Å². The third kappa shape index (κ3) is 6.81. The molecule has 4 rings (SSSR count). The molecule has 0 fully saturated rings. The summed E-state index contributed by atoms with van der Waals surface area (Å²) in [6.07, 6.45) is 1.53. The number of hydrogen-bond donors (Lipinski definition) is 1. The predicted octanol–water partition coefficient (Wildman–Crippen LogP) is 6.27. The average Bonchev–Trinajstić information content (AvgIpc) is 2.97. The monoisotopic (exact) mass is 634 g/mol. The van der Waals surface area contributed by atoms with Crippen LogP contribution in [-0.4, -0.2) is 27.2 Å². The fraction of sp³-hybridized carbons (Fsp3) is 0.161. The van der Waals surface area contributed by atoms with E-state index in [2.05, 4.69) is 52.2 Å². The van der Waals surface area contributed by atoms with Gasteiger partial charge in [0.2, 0.25) is 0 Å². The van der Waals surface area contributed by atoms with E-state index >= 15 is 0 Å². The van der Waals surface area contributed by atoms with Gasteiger partial charge in [-0.05, 0) is 80.9 Å². The van der Waals surface area contributed by atoms with E-state index in [0.717, 1.165) is 20.1 Å². The molecule has 4 aromatic rings. The lowest BCUT2D eigenvalue weighted by Crippen LogP contribution is -2.24. The summed E-state index contributed by atoms with van der Waals surface area (Å²) in [5.74, 6) is 1.83. The number of rotatable bonds is 10. The third-order valence-corrected chi connectivity index (χ3v) is 6.86. The number of fused-ring (bicyclic) bond motifs is 1. The lowest BCUT2D eigenvalue weighted by Gasteiger charge is -2.14. The van der Waals surface area contributed by atoms with E-state index in [1.54, 1.807) is 45.6 Å². The minimum Gasteiger partial charge on any atom is -0.497 e. The number of nitrogens with zero attached hydrogens (tertiary/aromatic N) is 1. The lowest BCUT2D eigenvalue weighted by molar-refractivity contribution is -0.117. The van der Waals surface area contributed by atoms with Crippen molar-refractivity contribution in [2.24, 2.45) is 0 Å². The van der Waals surface area contributed by atoms with Gasteiger partial charge in [-0.2, -0.15) is 5.26 Å². The van der Waals surface area contributed by atoms with Gasteiger partial charge >= 0.3 is 0 Å². The molecule has 0 heterocycles. The van der Waals surface area contributed by atoms with Crippen LogP contribution < -0.4 is 24.3 Å². The van der Waals surface area contributed by atoms with Crippen molar-refractivity contribution in [3.8, 4) is 29.1 Å². The Labute approximate surface area is 241 Å². The van der Waals surface area contributed by atoms with Gasteiger partial charge in [-0.15, -0.1) is 0 Å². The van der Waals surface area contributed by atoms with E-state index in [0.29, 0.717) is 35.2 Å². The molecular weight excluding hydrogens is 607 g/mol. The first-order valence-corrected chi connectivity index (χ1v) is 13.1. The minimum absolute atomic E-state index is 0.0369. The van der Waals surface area contributed by atoms with E-state index < -0.39 is 5.91 Å². The quantitative estimate of drug-likeness (QED) is 0.126. The Kier molecular flexibility index (Phi) is 9.28. The van der Waals surface area contributed by atoms with Crippen molar-refractivity contribution in [2.45, 2.75) is 13.2 Å². The third-order valence-electron chi connectivity index (χ3n) is 6.06. The first-order chi connectivity index (χ1) is 18.9. The second-order valence-electron chi connectivity index (χ2n) is 8.53. The highest BCUT2D eigenvalue weighted by molar-refractivity contribution is 14.1. The number of benzene rings is 4. The van der Waals surface area contributed by atoms with Crippen molar-refractivity contribution in [1.29, 1.82) is 5.26 Å². The number of methoxy groups -OCH3 is 3. The minimum atomic E-state index is -0.499. The van der Waals surface area contributed by atoms with Gasteiger partial charge in [0.25, 0.3) is 5.91 Å². The zero-order valence-electron chi connectivity index (χ0n) is 21.8. The van der Waals surface area contributed by atoms with Crippen LogP contribution in [0.2, 0.25) is 0 Å². The highest BCUT2D eigenvalue weighted by Crippen LogP contribution is 2.35. The molecule has 0 spiro atoms. The molecule has 0 bridgehead atoms. The number of carbonyl (C=O) groups is 1. The van der Waals surface area contributed by atoms with Crippen LogP contribution in [0.1, 0.15) is 16.7 Å². The second-order valence-corrected chi connectivity index (χ2v) is 9.70. The summed E-state index contributed by atoms with van der Waals surface area (Å²) in [5, 5.41) is 14.8. The van der Waals surface area contributed by atoms with Crippen molar-refractivity contribution in [3.63, 3.8) is 0 Å². The SMILES string of the molecule is COc1ccc(CNC(=O)/C(C#N)=C/c2cc(I)c(OCc3ccc4ccccc4c3)c(OC)c2)c(OC)c1. The molecule has 0 unspecified atom stereocenters. The average molecular weight is 634 g/mol. The Hall–Kier alpha value is -4.23. The summed E-state index contributed by atoms with van der Waals surface area (Å²) in [5.41, 5.74) is 2.40.